The van der Waals surface area contributed by atoms with E-state index in [1.165, 1.54) is 12.4 Å². The van der Waals surface area contributed by atoms with E-state index in [9.17, 15) is 4.79 Å². The molecule has 0 atom stereocenters. The molecule has 1 N–H and O–H groups in total. The van der Waals surface area contributed by atoms with E-state index in [0.29, 0.717) is 22.3 Å². The molecule has 4 nitrogen and oxygen atoms in total. The van der Waals surface area contributed by atoms with Gasteiger partial charge in [0, 0.05) is 28.9 Å². The molecule has 0 aliphatic heterocycles. The zero-order chi connectivity index (χ0) is 13.8. The third-order valence-electron chi connectivity index (χ3n) is 2.46. The van der Waals surface area contributed by atoms with Gasteiger partial charge in [0.1, 0.15) is 12.4 Å². The molecule has 0 aliphatic carbocycles. The highest BCUT2D eigenvalue weighted by molar-refractivity contribution is 6.34. The highest BCUT2D eigenvalue weighted by Crippen LogP contribution is 2.20. The van der Waals surface area contributed by atoms with Crippen LogP contribution in [0.3, 0.4) is 0 Å². The van der Waals surface area contributed by atoms with Gasteiger partial charge in [0.05, 0.1) is 5.56 Å². The summed E-state index contributed by atoms with van der Waals surface area (Å²) in [7, 11) is 0. The van der Waals surface area contributed by atoms with Gasteiger partial charge in [0.25, 0.3) is 0 Å². The maximum Gasteiger partial charge on any atom is 0.191 e. The van der Waals surface area contributed by atoms with Gasteiger partial charge in [-0.25, -0.2) is 9.97 Å². The number of rotatable bonds is 4. The summed E-state index contributed by atoms with van der Waals surface area (Å²) >= 11 is 11.8. The Bertz CT molecular complexity index is 580. The summed E-state index contributed by atoms with van der Waals surface area (Å²) in [4.78, 5) is 19.4. The van der Waals surface area contributed by atoms with Crippen molar-refractivity contribution in [3.8, 4) is 0 Å². The Hall–Kier alpha value is -1.49. The summed E-state index contributed by atoms with van der Waals surface area (Å²) in [6.07, 6.45) is 3.26. The van der Waals surface area contributed by atoms with Crippen LogP contribution in [0, 0.1) is 0 Å². The molecule has 2 aromatic rings. The molecule has 1 heterocycles. The Morgan fingerprint density at radius 3 is 2.21 bits per heavy atom. The van der Waals surface area contributed by atoms with Crippen molar-refractivity contribution in [2.45, 2.75) is 6.42 Å². The minimum atomic E-state index is -0.549. The third-order valence-corrected chi connectivity index (χ3v) is 2.89. The van der Waals surface area contributed by atoms with Crippen LogP contribution < -0.4 is 0 Å². The number of Topliss-reactive ketones (excluding diaryl/α,β-unsaturated/α-hetero) is 1. The van der Waals surface area contributed by atoms with E-state index < -0.39 is 12.4 Å². The van der Waals surface area contributed by atoms with Crippen LogP contribution in [0.25, 0.3) is 0 Å². The normalized spacial score (nSPS) is 10.5. The fraction of sp³-hybridized carbons (Fsp3) is 0.154. The van der Waals surface area contributed by atoms with Gasteiger partial charge >= 0.3 is 0 Å². The molecule has 0 amide bonds. The number of hydrogen-bond donors (Lipinski definition) is 1. The molecule has 0 saturated carbocycles. The van der Waals surface area contributed by atoms with Crippen LogP contribution in [0.4, 0.5) is 0 Å². The lowest BCUT2D eigenvalue weighted by atomic mass is 10.1. The van der Waals surface area contributed by atoms with Crippen LogP contribution in [-0.4, -0.2) is 27.5 Å². The van der Waals surface area contributed by atoms with Crippen molar-refractivity contribution in [3.63, 3.8) is 0 Å². The average Bonchev–Trinajstić information content (AvgIpc) is 2.37. The molecule has 0 fully saturated rings. The molecule has 6 heteroatoms. The zero-order valence-corrected chi connectivity index (χ0v) is 11.3. The molecule has 98 valence electrons. The summed E-state index contributed by atoms with van der Waals surface area (Å²) in [5.41, 5.74) is 1.18. The Morgan fingerprint density at radius 1 is 1.11 bits per heavy atom. The van der Waals surface area contributed by atoms with Crippen LogP contribution in [0.1, 0.15) is 21.7 Å². The number of hydrogen-bond acceptors (Lipinski definition) is 4. The monoisotopic (exact) mass is 296 g/mol. The fourth-order valence-electron chi connectivity index (χ4n) is 1.58. The van der Waals surface area contributed by atoms with E-state index in [1.807, 2.05) is 0 Å². The molecule has 0 radical (unpaired) electrons. The second-order valence-electron chi connectivity index (χ2n) is 3.92. The van der Waals surface area contributed by atoms with Gasteiger partial charge in [0.2, 0.25) is 0 Å². The van der Waals surface area contributed by atoms with Gasteiger partial charge in [-0.2, -0.15) is 0 Å². The lowest BCUT2D eigenvalue weighted by Crippen LogP contribution is -2.07. The summed E-state index contributed by atoms with van der Waals surface area (Å²) in [5, 5.41) is 9.82. The first kappa shape index (κ1) is 13.9. The Kier molecular flexibility index (Phi) is 4.47. The molecular weight excluding hydrogens is 287 g/mol. The van der Waals surface area contributed by atoms with E-state index in [-0.39, 0.29) is 5.56 Å². The van der Waals surface area contributed by atoms with E-state index >= 15 is 0 Å². The predicted octanol–water partition coefficient (Wildman–Crippen LogP) is 2.55. The average molecular weight is 297 g/mol. The first-order valence-electron chi connectivity index (χ1n) is 5.48. The van der Waals surface area contributed by atoms with Crippen LogP contribution in [0.5, 0.6) is 0 Å². The summed E-state index contributed by atoms with van der Waals surface area (Å²) in [5.74, 6) is 0.144. The van der Waals surface area contributed by atoms with Crippen molar-refractivity contribution in [1.29, 1.82) is 0 Å². The molecule has 1 aromatic carbocycles. The summed E-state index contributed by atoms with van der Waals surface area (Å²) in [6, 6.07) is 5.21. The number of halogens is 2. The van der Waals surface area contributed by atoms with Gasteiger partial charge in [0.15, 0.2) is 5.78 Å². The second-order valence-corrected chi connectivity index (χ2v) is 4.80. The zero-order valence-electron chi connectivity index (χ0n) is 9.81. The number of ketones is 1. The number of aliphatic hydroxyl groups is 1. The molecule has 0 spiro atoms. The van der Waals surface area contributed by atoms with E-state index in [0.717, 1.165) is 5.56 Å². The predicted molar refractivity (Wildman–Crippen MR) is 72.7 cm³/mol. The van der Waals surface area contributed by atoms with Gasteiger partial charge in [-0.1, -0.05) is 23.2 Å². The molecule has 0 saturated heterocycles. The van der Waals surface area contributed by atoms with E-state index in [4.69, 9.17) is 28.3 Å². The minimum absolute atomic E-state index is 0.287. The van der Waals surface area contributed by atoms with Crippen molar-refractivity contribution < 1.29 is 9.90 Å². The smallest absolute Gasteiger partial charge is 0.191 e. The molecule has 0 aliphatic rings. The summed E-state index contributed by atoms with van der Waals surface area (Å²) in [6.45, 7) is -0.549. The van der Waals surface area contributed by atoms with Crippen molar-refractivity contribution in [2.24, 2.45) is 0 Å². The van der Waals surface area contributed by atoms with Gasteiger partial charge < -0.3 is 5.11 Å². The molecule has 0 unspecified atom stereocenters. The molecular formula is C13H10Cl2N2O2. The molecule has 19 heavy (non-hydrogen) atoms. The van der Waals surface area contributed by atoms with Crippen molar-refractivity contribution in [3.05, 3.63) is 57.6 Å². The number of benzene rings is 1. The Morgan fingerprint density at radius 2 is 1.68 bits per heavy atom. The standard InChI is InChI=1S/C13H10Cl2N2O2/c14-10-1-8(2-11(15)4-10)3-13-16-5-9(6-17-13)12(19)7-18/h1-2,4-6,18H,3,7H2. The maximum absolute atomic E-state index is 11.2. The number of aliphatic hydroxyl groups excluding tert-OH is 1. The first-order chi connectivity index (χ1) is 9.08. The van der Waals surface area contributed by atoms with Gasteiger partial charge in [-0.3, -0.25) is 4.79 Å². The SMILES string of the molecule is O=C(CO)c1cnc(Cc2cc(Cl)cc(Cl)c2)nc1. The molecule has 0 bridgehead atoms. The lowest BCUT2D eigenvalue weighted by molar-refractivity contribution is 0.0903. The van der Waals surface area contributed by atoms with Crippen molar-refractivity contribution >= 4 is 29.0 Å². The molecule has 1 aromatic heterocycles. The summed E-state index contributed by atoms with van der Waals surface area (Å²) < 4.78 is 0. The van der Waals surface area contributed by atoms with Crippen molar-refractivity contribution in [1.82, 2.24) is 9.97 Å². The Labute approximate surface area is 120 Å². The van der Waals surface area contributed by atoms with E-state index in [2.05, 4.69) is 9.97 Å². The highest BCUT2D eigenvalue weighted by atomic mass is 35.5. The van der Waals surface area contributed by atoms with Gasteiger partial charge in [-0.05, 0) is 23.8 Å². The lowest BCUT2D eigenvalue weighted by Gasteiger charge is -2.03. The number of nitrogens with zero attached hydrogens (tertiary/aromatic N) is 2. The number of aromatic nitrogens is 2. The Balaban J connectivity index is 2.17. The molecule has 2 rings (SSSR count). The third kappa shape index (κ3) is 3.73. The number of carbonyl (C=O) groups is 1. The van der Waals surface area contributed by atoms with Crippen LogP contribution in [-0.2, 0) is 6.42 Å². The number of carbonyl (C=O) groups excluding carboxylic acids is 1. The van der Waals surface area contributed by atoms with Crippen molar-refractivity contribution in [2.75, 3.05) is 6.61 Å². The second kappa shape index (κ2) is 6.10. The topological polar surface area (TPSA) is 63.1 Å². The largest absolute Gasteiger partial charge is 0.388 e. The minimum Gasteiger partial charge on any atom is -0.388 e. The van der Waals surface area contributed by atoms with E-state index in [1.54, 1.807) is 18.2 Å². The quantitative estimate of drug-likeness (QED) is 0.881. The fourth-order valence-corrected chi connectivity index (χ4v) is 2.15. The van der Waals surface area contributed by atoms with Crippen LogP contribution in [0.2, 0.25) is 10.0 Å². The van der Waals surface area contributed by atoms with Gasteiger partial charge in [-0.15, -0.1) is 0 Å². The van der Waals surface area contributed by atoms with Crippen LogP contribution >= 0.6 is 23.2 Å². The highest BCUT2D eigenvalue weighted by Gasteiger charge is 2.07. The first-order valence-corrected chi connectivity index (χ1v) is 6.24. The maximum atomic E-state index is 11.2. The van der Waals surface area contributed by atoms with Crippen LogP contribution in [0.15, 0.2) is 30.6 Å².